The molecule has 3 aliphatic heterocycles. The molecule has 0 aliphatic carbocycles. The quantitative estimate of drug-likeness (QED) is 0.894. The van der Waals surface area contributed by atoms with Crippen LogP contribution in [-0.4, -0.2) is 72.2 Å². The van der Waals surface area contributed by atoms with Crippen LogP contribution in [0.2, 0.25) is 0 Å². The minimum absolute atomic E-state index is 0.127. The third-order valence-corrected chi connectivity index (χ3v) is 5.76. The molecule has 0 bridgehead atoms. The fraction of sp³-hybridized carbons (Fsp3) is 0.667. The van der Waals surface area contributed by atoms with E-state index in [1.54, 1.807) is 0 Å². The predicted molar refractivity (Wildman–Crippen MR) is 94.2 cm³/mol. The highest BCUT2D eigenvalue weighted by Gasteiger charge is 2.37. The molecule has 0 unspecified atom stereocenters. The van der Waals surface area contributed by atoms with Crippen LogP contribution >= 0.6 is 0 Å². The van der Waals surface area contributed by atoms with Gasteiger partial charge in [0.2, 0.25) is 0 Å². The number of hydrogen-bond acceptors (Lipinski definition) is 4. The van der Waals surface area contributed by atoms with Crippen molar-refractivity contribution in [1.82, 2.24) is 20.1 Å². The lowest BCUT2D eigenvalue weighted by molar-refractivity contribution is 0.166. The van der Waals surface area contributed by atoms with Gasteiger partial charge in [-0.1, -0.05) is 6.42 Å². The van der Waals surface area contributed by atoms with E-state index in [-0.39, 0.29) is 6.03 Å². The summed E-state index contributed by atoms with van der Waals surface area (Å²) >= 11 is 0. The Kier molecular flexibility index (Phi) is 4.56. The minimum atomic E-state index is 0.127. The molecule has 3 fully saturated rings. The van der Waals surface area contributed by atoms with E-state index in [1.807, 2.05) is 29.4 Å². The number of carbonyl (C=O) groups excluding carboxylic acids is 1. The Bertz CT molecular complexity index is 558. The van der Waals surface area contributed by atoms with Crippen molar-refractivity contribution in [3.8, 4) is 0 Å². The zero-order valence-electron chi connectivity index (χ0n) is 14.2. The van der Waals surface area contributed by atoms with Crippen LogP contribution in [0.4, 0.5) is 10.5 Å². The largest absolute Gasteiger partial charge is 0.368 e. The second-order valence-electron chi connectivity index (χ2n) is 7.12. The number of piperidine rings is 1. The van der Waals surface area contributed by atoms with E-state index in [2.05, 4.69) is 20.1 Å². The van der Waals surface area contributed by atoms with Crippen LogP contribution in [0, 0.1) is 0 Å². The number of rotatable bonds is 2. The Morgan fingerprint density at radius 1 is 1.00 bits per heavy atom. The number of anilines is 1. The molecule has 1 aromatic rings. The SMILES string of the molecule is O=C(N[C@H]1CCN2CCCC[C@H]12)N1CCN(c2ccncc2)CC1. The summed E-state index contributed by atoms with van der Waals surface area (Å²) in [6.07, 6.45) is 8.61. The molecule has 0 spiro atoms. The highest BCUT2D eigenvalue weighted by molar-refractivity contribution is 5.75. The van der Waals surface area contributed by atoms with Gasteiger partial charge in [-0.15, -0.1) is 0 Å². The summed E-state index contributed by atoms with van der Waals surface area (Å²) in [4.78, 5) is 23.6. The van der Waals surface area contributed by atoms with E-state index in [1.165, 1.54) is 31.5 Å². The van der Waals surface area contributed by atoms with Gasteiger partial charge in [0.05, 0.1) is 0 Å². The second kappa shape index (κ2) is 6.97. The Balaban J connectivity index is 1.29. The van der Waals surface area contributed by atoms with Gasteiger partial charge in [-0.05, 0) is 37.9 Å². The number of aromatic nitrogens is 1. The fourth-order valence-electron chi connectivity index (χ4n) is 4.39. The maximum Gasteiger partial charge on any atom is 0.317 e. The molecule has 130 valence electrons. The Morgan fingerprint density at radius 3 is 2.58 bits per heavy atom. The predicted octanol–water partition coefficient (Wildman–Crippen LogP) is 1.54. The van der Waals surface area contributed by atoms with Gasteiger partial charge in [0, 0.05) is 62.9 Å². The molecule has 0 aromatic carbocycles. The lowest BCUT2D eigenvalue weighted by Gasteiger charge is -2.37. The topological polar surface area (TPSA) is 51.7 Å². The number of piperazine rings is 1. The number of amides is 2. The number of pyridine rings is 1. The van der Waals surface area contributed by atoms with Crippen molar-refractivity contribution in [1.29, 1.82) is 0 Å². The van der Waals surface area contributed by atoms with Gasteiger partial charge >= 0.3 is 6.03 Å². The summed E-state index contributed by atoms with van der Waals surface area (Å²) in [5, 5.41) is 3.32. The lowest BCUT2D eigenvalue weighted by atomic mass is 9.99. The molecule has 1 N–H and O–H groups in total. The van der Waals surface area contributed by atoms with E-state index in [0.29, 0.717) is 12.1 Å². The van der Waals surface area contributed by atoms with E-state index in [9.17, 15) is 4.79 Å². The summed E-state index contributed by atoms with van der Waals surface area (Å²) in [6, 6.07) is 5.11. The van der Waals surface area contributed by atoms with Gasteiger partial charge in [-0.3, -0.25) is 9.88 Å². The Hall–Kier alpha value is -1.82. The number of carbonyl (C=O) groups is 1. The standard InChI is InChI=1S/C18H27N5O/c24-18(20-16-6-10-22-9-2-1-3-17(16)22)23-13-11-21(12-14-23)15-4-7-19-8-5-15/h4-5,7-8,16-17H,1-3,6,9-14H2,(H,20,24)/t16-,17+/m0/s1. The third kappa shape index (κ3) is 3.20. The summed E-state index contributed by atoms with van der Waals surface area (Å²) in [7, 11) is 0. The van der Waals surface area contributed by atoms with E-state index < -0.39 is 0 Å². The summed E-state index contributed by atoms with van der Waals surface area (Å²) in [6.45, 7) is 5.70. The van der Waals surface area contributed by atoms with E-state index >= 15 is 0 Å². The molecule has 4 rings (SSSR count). The summed E-state index contributed by atoms with van der Waals surface area (Å²) < 4.78 is 0. The molecule has 24 heavy (non-hydrogen) atoms. The number of urea groups is 1. The average Bonchev–Trinajstić information content (AvgIpc) is 3.06. The van der Waals surface area contributed by atoms with E-state index in [0.717, 1.165) is 39.1 Å². The van der Waals surface area contributed by atoms with Crippen molar-refractivity contribution in [3.05, 3.63) is 24.5 Å². The molecule has 6 nitrogen and oxygen atoms in total. The molecule has 3 saturated heterocycles. The number of nitrogens with zero attached hydrogens (tertiary/aromatic N) is 4. The first-order chi connectivity index (χ1) is 11.8. The Labute approximate surface area is 143 Å². The van der Waals surface area contributed by atoms with Gasteiger partial charge in [-0.2, -0.15) is 0 Å². The zero-order chi connectivity index (χ0) is 16.4. The molecular weight excluding hydrogens is 302 g/mol. The first-order valence-corrected chi connectivity index (χ1v) is 9.26. The molecule has 0 radical (unpaired) electrons. The van der Waals surface area contributed by atoms with Crippen molar-refractivity contribution >= 4 is 11.7 Å². The van der Waals surface area contributed by atoms with Gasteiger partial charge in [0.25, 0.3) is 0 Å². The van der Waals surface area contributed by atoms with Gasteiger partial charge in [0.1, 0.15) is 0 Å². The summed E-state index contributed by atoms with van der Waals surface area (Å²) in [5.74, 6) is 0. The van der Waals surface area contributed by atoms with Crippen LogP contribution in [0.3, 0.4) is 0 Å². The first kappa shape index (κ1) is 15.7. The Morgan fingerprint density at radius 2 is 1.79 bits per heavy atom. The minimum Gasteiger partial charge on any atom is -0.368 e. The van der Waals surface area contributed by atoms with Crippen molar-refractivity contribution in [2.45, 2.75) is 37.8 Å². The van der Waals surface area contributed by atoms with Crippen LogP contribution in [0.5, 0.6) is 0 Å². The maximum atomic E-state index is 12.6. The monoisotopic (exact) mass is 329 g/mol. The fourth-order valence-corrected chi connectivity index (χ4v) is 4.39. The smallest absolute Gasteiger partial charge is 0.317 e. The zero-order valence-corrected chi connectivity index (χ0v) is 14.2. The van der Waals surface area contributed by atoms with Crippen LogP contribution in [0.1, 0.15) is 25.7 Å². The van der Waals surface area contributed by atoms with Crippen molar-refractivity contribution in [2.24, 2.45) is 0 Å². The molecule has 2 amide bonds. The molecule has 1 aromatic heterocycles. The molecular formula is C18H27N5O. The van der Waals surface area contributed by atoms with Gasteiger partial charge < -0.3 is 15.1 Å². The molecule has 0 saturated carbocycles. The van der Waals surface area contributed by atoms with Crippen LogP contribution < -0.4 is 10.2 Å². The van der Waals surface area contributed by atoms with Gasteiger partial charge in [-0.25, -0.2) is 4.79 Å². The molecule has 6 heteroatoms. The van der Waals surface area contributed by atoms with Crippen molar-refractivity contribution in [3.63, 3.8) is 0 Å². The maximum absolute atomic E-state index is 12.6. The third-order valence-electron chi connectivity index (χ3n) is 5.76. The molecule has 4 heterocycles. The average molecular weight is 329 g/mol. The van der Waals surface area contributed by atoms with Gasteiger partial charge in [0.15, 0.2) is 0 Å². The van der Waals surface area contributed by atoms with Crippen molar-refractivity contribution in [2.75, 3.05) is 44.2 Å². The van der Waals surface area contributed by atoms with E-state index in [4.69, 9.17) is 0 Å². The summed E-state index contributed by atoms with van der Waals surface area (Å²) in [5.41, 5.74) is 1.19. The number of nitrogens with one attached hydrogen (secondary N) is 1. The molecule has 2 atom stereocenters. The first-order valence-electron chi connectivity index (χ1n) is 9.26. The van der Waals surface area contributed by atoms with Crippen molar-refractivity contribution < 1.29 is 4.79 Å². The number of fused-ring (bicyclic) bond motifs is 1. The van der Waals surface area contributed by atoms with Crippen LogP contribution in [-0.2, 0) is 0 Å². The molecule has 3 aliphatic rings. The highest BCUT2D eigenvalue weighted by Crippen LogP contribution is 2.27. The van der Waals surface area contributed by atoms with Crippen LogP contribution in [0.15, 0.2) is 24.5 Å². The van der Waals surface area contributed by atoms with Crippen LogP contribution in [0.25, 0.3) is 0 Å². The second-order valence-corrected chi connectivity index (χ2v) is 7.12. The lowest BCUT2D eigenvalue weighted by Crippen LogP contribution is -2.55. The highest BCUT2D eigenvalue weighted by atomic mass is 16.2. The number of hydrogen-bond donors (Lipinski definition) is 1. The normalized spacial score (nSPS) is 27.8.